The number of carbonyl (C=O) groups is 1. The van der Waals surface area contributed by atoms with Gasteiger partial charge in [0.05, 0.1) is 6.54 Å². The van der Waals surface area contributed by atoms with E-state index >= 15 is 0 Å². The van der Waals surface area contributed by atoms with E-state index in [2.05, 4.69) is 31.0 Å². The summed E-state index contributed by atoms with van der Waals surface area (Å²) in [6.45, 7) is 9.53. The van der Waals surface area contributed by atoms with E-state index in [4.69, 9.17) is 5.73 Å². The fraction of sp³-hybridized carbons (Fsp3) is 0.917. The highest BCUT2D eigenvalue weighted by atomic mass is 16.1. The molecule has 1 amide bonds. The maximum absolute atomic E-state index is 11.4. The molecule has 0 heterocycles. The van der Waals surface area contributed by atoms with Crippen LogP contribution in [0.1, 0.15) is 27.2 Å². The van der Waals surface area contributed by atoms with Gasteiger partial charge in [-0.1, -0.05) is 20.8 Å². The minimum atomic E-state index is 0.0768. The third-order valence-corrected chi connectivity index (χ3v) is 2.92. The molecular formula is C12H27N3O. The molecule has 0 aliphatic carbocycles. The molecule has 0 aromatic heterocycles. The van der Waals surface area contributed by atoms with Gasteiger partial charge in [0.15, 0.2) is 0 Å². The molecule has 0 saturated carbocycles. The van der Waals surface area contributed by atoms with Crippen molar-refractivity contribution in [2.24, 2.45) is 17.6 Å². The number of likely N-dealkylation sites (N-methyl/N-ethyl adjacent to an activating group) is 1. The maximum atomic E-state index is 11.4. The van der Waals surface area contributed by atoms with Gasteiger partial charge in [0.25, 0.3) is 0 Å². The predicted molar refractivity (Wildman–Crippen MR) is 68.2 cm³/mol. The van der Waals surface area contributed by atoms with E-state index in [9.17, 15) is 4.79 Å². The van der Waals surface area contributed by atoms with Gasteiger partial charge in [0.1, 0.15) is 0 Å². The number of rotatable bonds is 8. The zero-order valence-electron chi connectivity index (χ0n) is 11.1. The van der Waals surface area contributed by atoms with Crippen LogP contribution in [0.2, 0.25) is 0 Å². The summed E-state index contributed by atoms with van der Waals surface area (Å²) in [4.78, 5) is 13.5. The summed E-state index contributed by atoms with van der Waals surface area (Å²) >= 11 is 0. The van der Waals surface area contributed by atoms with Crippen LogP contribution in [0.15, 0.2) is 0 Å². The minimum absolute atomic E-state index is 0.0768. The second kappa shape index (κ2) is 8.53. The van der Waals surface area contributed by atoms with Crippen LogP contribution in [0, 0.1) is 11.8 Å². The van der Waals surface area contributed by atoms with Crippen molar-refractivity contribution in [2.45, 2.75) is 27.2 Å². The van der Waals surface area contributed by atoms with Crippen LogP contribution in [0.25, 0.3) is 0 Å². The van der Waals surface area contributed by atoms with Gasteiger partial charge in [-0.15, -0.1) is 0 Å². The number of hydrogen-bond donors (Lipinski definition) is 2. The molecular weight excluding hydrogens is 202 g/mol. The summed E-state index contributed by atoms with van der Waals surface area (Å²) in [5, 5.41) is 2.66. The second-order valence-corrected chi connectivity index (χ2v) is 4.65. The van der Waals surface area contributed by atoms with E-state index in [1.165, 1.54) is 0 Å². The predicted octanol–water partition coefficient (Wildman–Crippen LogP) is 0.675. The summed E-state index contributed by atoms with van der Waals surface area (Å²) in [5.41, 5.74) is 5.75. The molecule has 0 aliphatic heterocycles. The summed E-state index contributed by atoms with van der Waals surface area (Å²) in [5.74, 6) is 1.11. The van der Waals surface area contributed by atoms with Crippen molar-refractivity contribution in [3.05, 3.63) is 0 Å². The Kier molecular flexibility index (Phi) is 8.21. The lowest BCUT2D eigenvalue weighted by molar-refractivity contribution is -0.121. The highest BCUT2D eigenvalue weighted by molar-refractivity contribution is 5.77. The van der Waals surface area contributed by atoms with Crippen LogP contribution in [0.3, 0.4) is 0 Å². The monoisotopic (exact) mass is 229 g/mol. The third kappa shape index (κ3) is 6.08. The van der Waals surface area contributed by atoms with Gasteiger partial charge in [0, 0.05) is 13.6 Å². The molecule has 0 aliphatic rings. The van der Waals surface area contributed by atoms with E-state index in [-0.39, 0.29) is 5.91 Å². The van der Waals surface area contributed by atoms with Crippen molar-refractivity contribution in [3.63, 3.8) is 0 Å². The van der Waals surface area contributed by atoms with Crippen LogP contribution in [0.4, 0.5) is 0 Å². The van der Waals surface area contributed by atoms with Crippen molar-refractivity contribution in [3.8, 4) is 0 Å². The third-order valence-electron chi connectivity index (χ3n) is 2.92. The van der Waals surface area contributed by atoms with E-state index in [0.717, 1.165) is 19.5 Å². The van der Waals surface area contributed by atoms with Crippen molar-refractivity contribution < 1.29 is 4.79 Å². The molecule has 0 rings (SSSR count). The Morgan fingerprint density at radius 1 is 1.44 bits per heavy atom. The Morgan fingerprint density at radius 3 is 2.44 bits per heavy atom. The Labute approximate surface area is 99.6 Å². The van der Waals surface area contributed by atoms with Gasteiger partial charge >= 0.3 is 0 Å². The fourth-order valence-corrected chi connectivity index (χ4v) is 1.72. The van der Waals surface area contributed by atoms with Gasteiger partial charge in [0.2, 0.25) is 5.91 Å². The highest BCUT2D eigenvalue weighted by Crippen LogP contribution is 2.11. The van der Waals surface area contributed by atoms with E-state index < -0.39 is 0 Å². The van der Waals surface area contributed by atoms with E-state index in [1.54, 1.807) is 7.05 Å². The molecule has 0 bridgehead atoms. The summed E-state index contributed by atoms with van der Waals surface area (Å²) < 4.78 is 0. The summed E-state index contributed by atoms with van der Waals surface area (Å²) in [6, 6.07) is 0. The van der Waals surface area contributed by atoms with Gasteiger partial charge < -0.3 is 11.1 Å². The molecule has 1 atom stereocenters. The molecule has 3 N–H and O–H groups in total. The van der Waals surface area contributed by atoms with Crippen LogP contribution in [-0.4, -0.2) is 44.0 Å². The molecule has 0 spiro atoms. The van der Waals surface area contributed by atoms with Crippen molar-refractivity contribution in [1.82, 2.24) is 10.2 Å². The van der Waals surface area contributed by atoms with Crippen molar-refractivity contribution >= 4 is 5.91 Å². The highest BCUT2D eigenvalue weighted by Gasteiger charge is 2.17. The number of amides is 1. The van der Waals surface area contributed by atoms with Crippen LogP contribution >= 0.6 is 0 Å². The van der Waals surface area contributed by atoms with Crippen LogP contribution < -0.4 is 11.1 Å². The smallest absolute Gasteiger partial charge is 0.233 e. The van der Waals surface area contributed by atoms with Crippen LogP contribution in [0.5, 0.6) is 0 Å². The quantitative estimate of drug-likeness (QED) is 0.643. The molecule has 4 heteroatoms. The standard InChI is InChI=1S/C12H27N3O/c1-5-6-15(9-12(16)14-4)8-11(7-13)10(2)3/h10-11H,5-9,13H2,1-4H3,(H,14,16). The lowest BCUT2D eigenvalue weighted by Crippen LogP contribution is -2.41. The average Bonchev–Trinajstić information content (AvgIpc) is 2.25. The number of carbonyl (C=O) groups excluding carboxylic acids is 1. The summed E-state index contributed by atoms with van der Waals surface area (Å²) in [7, 11) is 1.68. The normalized spacial score (nSPS) is 13.2. The first-order valence-corrected chi connectivity index (χ1v) is 6.18. The Morgan fingerprint density at radius 2 is 2.06 bits per heavy atom. The summed E-state index contributed by atoms with van der Waals surface area (Å²) in [6.07, 6.45) is 1.06. The van der Waals surface area contributed by atoms with E-state index in [0.29, 0.717) is 24.9 Å². The molecule has 4 nitrogen and oxygen atoms in total. The number of nitrogens with zero attached hydrogens (tertiary/aromatic N) is 1. The molecule has 96 valence electrons. The maximum Gasteiger partial charge on any atom is 0.233 e. The molecule has 0 aromatic rings. The SMILES string of the molecule is CCCN(CC(=O)NC)CC(CN)C(C)C. The number of nitrogens with two attached hydrogens (primary N) is 1. The topological polar surface area (TPSA) is 58.4 Å². The molecule has 1 unspecified atom stereocenters. The Bertz CT molecular complexity index is 195. The zero-order valence-corrected chi connectivity index (χ0v) is 11.1. The van der Waals surface area contributed by atoms with Crippen LogP contribution in [-0.2, 0) is 4.79 Å². The Hall–Kier alpha value is -0.610. The lowest BCUT2D eigenvalue weighted by Gasteiger charge is -2.28. The fourth-order valence-electron chi connectivity index (χ4n) is 1.72. The number of hydrogen-bond acceptors (Lipinski definition) is 3. The first kappa shape index (κ1) is 15.4. The lowest BCUT2D eigenvalue weighted by atomic mass is 9.95. The minimum Gasteiger partial charge on any atom is -0.358 e. The van der Waals surface area contributed by atoms with Gasteiger partial charge in [-0.2, -0.15) is 0 Å². The number of nitrogens with one attached hydrogen (secondary N) is 1. The van der Waals surface area contributed by atoms with Gasteiger partial charge in [-0.25, -0.2) is 0 Å². The largest absolute Gasteiger partial charge is 0.358 e. The first-order chi connectivity index (χ1) is 7.54. The van der Waals surface area contributed by atoms with Gasteiger partial charge in [-0.05, 0) is 31.3 Å². The Balaban J connectivity index is 4.24. The first-order valence-electron chi connectivity index (χ1n) is 6.18. The van der Waals surface area contributed by atoms with Gasteiger partial charge in [-0.3, -0.25) is 9.69 Å². The second-order valence-electron chi connectivity index (χ2n) is 4.65. The zero-order chi connectivity index (χ0) is 12.6. The van der Waals surface area contributed by atoms with E-state index in [1.807, 2.05) is 0 Å². The molecule has 0 saturated heterocycles. The molecule has 0 radical (unpaired) electrons. The van der Waals surface area contributed by atoms with Crippen molar-refractivity contribution in [1.29, 1.82) is 0 Å². The average molecular weight is 229 g/mol. The molecule has 0 aromatic carbocycles. The molecule has 0 fully saturated rings. The molecule has 16 heavy (non-hydrogen) atoms. The van der Waals surface area contributed by atoms with Crippen molar-refractivity contribution in [2.75, 3.05) is 33.2 Å².